The maximum atomic E-state index is 2.12. The first kappa shape index (κ1) is 12.8. The fourth-order valence-corrected chi connectivity index (χ4v) is 0.637. The molecule has 1 heteroatoms. The van der Waals surface area contributed by atoms with Gasteiger partial charge in [0.25, 0.3) is 0 Å². The van der Waals surface area contributed by atoms with Crippen LogP contribution in [0.4, 0.5) is 0 Å². The lowest BCUT2D eigenvalue weighted by Crippen LogP contribution is -1.70. The Morgan fingerprint density at radius 2 is 0.909 bits per heavy atom. The molecule has 1 nitrogen and oxygen atoms in total. The standard InChI is InChI=1S/C8H10.C2H6.HO/c1-7-3-5-8(2)6-4-7;1-2;/h3-6H,1-2H3;1-2H3;1H. The average Bonchev–Trinajstić information content (AvgIpc) is 2.00. The second-order valence-corrected chi connectivity index (χ2v) is 2.15. The van der Waals surface area contributed by atoms with Crippen LogP contribution in [0.5, 0.6) is 0 Å². The van der Waals surface area contributed by atoms with Crippen LogP contribution in [0, 0.1) is 13.8 Å². The van der Waals surface area contributed by atoms with E-state index < -0.39 is 0 Å². The van der Waals surface area contributed by atoms with E-state index in [1.165, 1.54) is 11.1 Å². The summed E-state index contributed by atoms with van der Waals surface area (Å²) in [5.41, 5.74) is 2.66. The van der Waals surface area contributed by atoms with Crippen molar-refractivity contribution in [2.24, 2.45) is 0 Å². The van der Waals surface area contributed by atoms with Crippen LogP contribution in [0.1, 0.15) is 25.0 Å². The Morgan fingerprint density at radius 1 is 0.727 bits per heavy atom. The lowest BCUT2D eigenvalue weighted by atomic mass is 10.2. The monoisotopic (exact) mass is 153 g/mol. The van der Waals surface area contributed by atoms with Crippen molar-refractivity contribution in [3.05, 3.63) is 35.4 Å². The van der Waals surface area contributed by atoms with Crippen molar-refractivity contribution in [1.29, 1.82) is 0 Å². The number of benzene rings is 1. The Kier molecular flexibility index (Phi) is 8.50. The topological polar surface area (TPSA) is 30.0 Å². The van der Waals surface area contributed by atoms with Gasteiger partial charge in [-0.05, 0) is 13.8 Å². The smallest absolute Gasteiger partial charge is 0.0398 e. The summed E-state index contributed by atoms with van der Waals surface area (Å²) in [7, 11) is 0. The third-order valence-electron chi connectivity index (χ3n) is 1.22. The normalized spacial score (nSPS) is 7.27. The first-order valence-corrected chi connectivity index (χ1v) is 3.82. The van der Waals surface area contributed by atoms with Gasteiger partial charge >= 0.3 is 0 Å². The van der Waals surface area contributed by atoms with Gasteiger partial charge in [-0.15, -0.1) is 0 Å². The number of rotatable bonds is 0. The Hall–Kier alpha value is -0.820. The molecule has 0 unspecified atom stereocenters. The molecular weight excluding hydrogens is 136 g/mol. The second kappa shape index (κ2) is 7.29. The summed E-state index contributed by atoms with van der Waals surface area (Å²) in [6, 6.07) is 8.48. The van der Waals surface area contributed by atoms with Crippen LogP contribution in [0.15, 0.2) is 24.3 Å². The predicted octanol–water partition coefficient (Wildman–Crippen LogP) is 3.15. The molecule has 1 rings (SSSR count). The van der Waals surface area contributed by atoms with Crippen LogP contribution in [0.2, 0.25) is 0 Å². The highest BCUT2D eigenvalue weighted by molar-refractivity contribution is 5.19. The first-order chi connectivity index (χ1) is 4.79. The van der Waals surface area contributed by atoms with E-state index in [0.29, 0.717) is 0 Å². The lowest BCUT2D eigenvalue weighted by Gasteiger charge is -1.90. The van der Waals surface area contributed by atoms with Crippen molar-refractivity contribution in [2.45, 2.75) is 27.7 Å². The lowest BCUT2D eigenvalue weighted by molar-refractivity contribution is 0.824. The highest BCUT2D eigenvalue weighted by Gasteiger charge is 1.79. The van der Waals surface area contributed by atoms with Crippen molar-refractivity contribution in [1.82, 2.24) is 0 Å². The SMILES string of the molecule is CC.Cc1ccc(C)cc1.[OH]. The minimum absolute atomic E-state index is 0. The molecule has 0 saturated heterocycles. The molecule has 1 aromatic rings. The van der Waals surface area contributed by atoms with E-state index in [1.807, 2.05) is 13.8 Å². The quantitative estimate of drug-likeness (QED) is 0.593. The summed E-state index contributed by atoms with van der Waals surface area (Å²) in [6.45, 7) is 8.19. The summed E-state index contributed by atoms with van der Waals surface area (Å²) < 4.78 is 0. The van der Waals surface area contributed by atoms with Crippen LogP contribution >= 0.6 is 0 Å². The van der Waals surface area contributed by atoms with E-state index in [2.05, 4.69) is 38.1 Å². The second-order valence-electron chi connectivity index (χ2n) is 2.15. The zero-order chi connectivity index (χ0) is 7.98. The summed E-state index contributed by atoms with van der Waals surface area (Å²) in [6.07, 6.45) is 0. The van der Waals surface area contributed by atoms with Gasteiger partial charge in [0.15, 0.2) is 0 Å². The average molecular weight is 153 g/mol. The van der Waals surface area contributed by atoms with Gasteiger partial charge in [0.2, 0.25) is 0 Å². The van der Waals surface area contributed by atoms with Gasteiger partial charge < -0.3 is 0 Å². The van der Waals surface area contributed by atoms with Gasteiger partial charge in [-0.25, -0.2) is 0 Å². The van der Waals surface area contributed by atoms with E-state index in [9.17, 15) is 0 Å². The molecule has 0 aliphatic heterocycles. The van der Waals surface area contributed by atoms with E-state index >= 15 is 0 Å². The molecule has 0 aliphatic rings. The van der Waals surface area contributed by atoms with Gasteiger partial charge in [-0.3, -0.25) is 5.48 Å². The molecule has 0 heterocycles. The minimum atomic E-state index is 0. The van der Waals surface area contributed by atoms with Gasteiger partial charge in [0.05, 0.1) is 0 Å². The van der Waals surface area contributed by atoms with Gasteiger partial charge in [0, 0.05) is 0 Å². The Bertz CT molecular complexity index is 144. The molecule has 1 radical (unpaired) electrons. The molecule has 63 valence electrons. The van der Waals surface area contributed by atoms with E-state index in [1.54, 1.807) is 0 Å². The highest BCUT2D eigenvalue weighted by Crippen LogP contribution is 1.99. The predicted molar refractivity (Wildman–Crippen MR) is 49.2 cm³/mol. The summed E-state index contributed by atoms with van der Waals surface area (Å²) >= 11 is 0. The van der Waals surface area contributed by atoms with Crippen LogP contribution in [0.25, 0.3) is 0 Å². The Morgan fingerprint density at radius 3 is 1.09 bits per heavy atom. The minimum Gasteiger partial charge on any atom is -0.255 e. The zero-order valence-electron chi connectivity index (χ0n) is 7.76. The fourth-order valence-electron chi connectivity index (χ4n) is 0.637. The molecule has 0 aliphatic carbocycles. The van der Waals surface area contributed by atoms with Crippen LogP contribution < -0.4 is 0 Å². The van der Waals surface area contributed by atoms with Crippen molar-refractivity contribution in [3.8, 4) is 0 Å². The van der Waals surface area contributed by atoms with Crippen molar-refractivity contribution < 1.29 is 5.48 Å². The van der Waals surface area contributed by atoms with Crippen molar-refractivity contribution in [2.75, 3.05) is 0 Å². The maximum Gasteiger partial charge on any atom is -0.0398 e. The molecule has 0 atom stereocenters. The largest absolute Gasteiger partial charge is 0.255 e. The van der Waals surface area contributed by atoms with Crippen molar-refractivity contribution in [3.63, 3.8) is 0 Å². The summed E-state index contributed by atoms with van der Waals surface area (Å²) in [5, 5.41) is 0. The van der Waals surface area contributed by atoms with E-state index in [4.69, 9.17) is 0 Å². The van der Waals surface area contributed by atoms with Gasteiger partial charge in [-0.2, -0.15) is 0 Å². The molecule has 1 N–H and O–H groups in total. The fraction of sp³-hybridized carbons (Fsp3) is 0.400. The van der Waals surface area contributed by atoms with Gasteiger partial charge in [-0.1, -0.05) is 49.2 Å². The Balaban J connectivity index is 0. The molecule has 0 amide bonds. The molecule has 0 aromatic heterocycles. The molecule has 0 fully saturated rings. The number of hydrogen-bond acceptors (Lipinski definition) is 0. The first-order valence-electron chi connectivity index (χ1n) is 3.82. The molecule has 0 bridgehead atoms. The van der Waals surface area contributed by atoms with Gasteiger partial charge in [0.1, 0.15) is 0 Å². The van der Waals surface area contributed by atoms with E-state index in [-0.39, 0.29) is 5.48 Å². The maximum absolute atomic E-state index is 2.12. The number of aryl methyl sites for hydroxylation is 2. The number of hydrogen-bond donors (Lipinski definition) is 1. The third kappa shape index (κ3) is 5.62. The zero-order valence-corrected chi connectivity index (χ0v) is 7.76. The molecule has 0 spiro atoms. The van der Waals surface area contributed by atoms with Crippen molar-refractivity contribution >= 4 is 0 Å². The molecule has 1 aromatic carbocycles. The molecule has 11 heavy (non-hydrogen) atoms. The van der Waals surface area contributed by atoms with Crippen LogP contribution in [0.3, 0.4) is 0 Å². The summed E-state index contributed by atoms with van der Waals surface area (Å²) in [5.74, 6) is 0. The highest BCUT2D eigenvalue weighted by atomic mass is 16.0. The summed E-state index contributed by atoms with van der Waals surface area (Å²) in [4.78, 5) is 0. The Labute approximate surface area is 69.4 Å². The van der Waals surface area contributed by atoms with Crippen LogP contribution in [-0.4, -0.2) is 5.48 Å². The van der Waals surface area contributed by atoms with Crippen LogP contribution in [-0.2, 0) is 0 Å². The molecule has 0 saturated carbocycles. The molecular formula is C10H17O. The third-order valence-corrected chi connectivity index (χ3v) is 1.22. The van der Waals surface area contributed by atoms with E-state index in [0.717, 1.165) is 0 Å².